The molecule has 0 saturated heterocycles. The van der Waals surface area contributed by atoms with Crippen molar-refractivity contribution in [2.45, 2.75) is 6.42 Å². The first-order valence-corrected chi connectivity index (χ1v) is 4.78. The fourth-order valence-electron chi connectivity index (χ4n) is 1.05. The average molecular weight is 224 g/mol. The van der Waals surface area contributed by atoms with E-state index >= 15 is 0 Å². The number of rotatable bonds is 4. The zero-order chi connectivity index (χ0) is 11.1. The van der Waals surface area contributed by atoms with Crippen LogP contribution >= 0.6 is 11.6 Å². The molecular weight excluding hydrogens is 214 g/mol. The van der Waals surface area contributed by atoms with Crippen LogP contribution in [0.2, 0.25) is 5.02 Å². The molecule has 0 fully saturated rings. The van der Waals surface area contributed by atoms with Gasteiger partial charge in [0.2, 0.25) is 0 Å². The van der Waals surface area contributed by atoms with Gasteiger partial charge in [-0.05, 0) is 30.2 Å². The smallest absolute Gasteiger partial charge is 0.124 e. The van der Waals surface area contributed by atoms with Gasteiger partial charge in [-0.25, -0.2) is 0 Å². The van der Waals surface area contributed by atoms with Crippen molar-refractivity contribution in [2.24, 2.45) is 5.11 Å². The molecule has 0 bridgehead atoms. The van der Waals surface area contributed by atoms with Gasteiger partial charge in [0.05, 0.1) is 0 Å². The molecule has 0 amide bonds. The van der Waals surface area contributed by atoms with Crippen LogP contribution in [0, 0.1) is 0 Å². The number of phenols is 1. The maximum Gasteiger partial charge on any atom is 0.124 e. The van der Waals surface area contributed by atoms with E-state index in [9.17, 15) is 5.11 Å². The quantitative estimate of drug-likeness (QED) is 0.359. The van der Waals surface area contributed by atoms with Crippen LogP contribution < -0.4 is 0 Å². The Balaban J connectivity index is 2.60. The maximum atomic E-state index is 9.48. The second kappa shape index (κ2) is 5.96. The number of aromatic hydroxyl groups is 1. The van der Waals surface area contributed by atoms with Crippen molar-refractivity contribution in [1.29, 1.82) is 0 Å². The molecule has 0 aromatic heterocycles. The van der Waals surface area contributed by atoms with Gasteiger partial charge in [-0.3, -0.25) is 0 Å². The summed E-state index contributed by atoms with van der Waals surface area (Å²) in [5.74, 6) is 0.141. The standard InChI is InChI=1S/C10H10ClN3O/c11-9-5-4-8(10(15)7-9)3-1-2-6-13-14-12/h1,3-5,7,15H,2,6H2. The van der Waals surface area contributed by atoms with Crippen molar-refractivity contribution in [2.75, 3.05) is 6.54 Å². The summed E-state index contributed by atoms with van der Waals surface area (Å²) in [5, 5.41) is 13.4. The Labute approximate surface area is 92.4 Å². The minimum Gasteiger partial charge on any atom is -0.507 e. The predicted molar refractivity (Wildman–Crippen MR) is 60.8 cm³/mol. The van der Waals surface area contributed by atoms with Crippen molar-refractivity contribution in [3.8, 4) is 5.75 Å². The van der Waals surface area contributed by atoms with E-state index in [0.29, 0.717) is 23.6 Å². The lowest BCUT2D eigenvalue weighted by atomic mass is 10.2. The number of nitrogens with zero attached hydrogens (tertiary/aromatic N) is 3. The fourth-order valence-corrected chi connectivity index (χ4v) is 1.21. The number of hydrogen-bond donors (Lipinski definition) is 1. The largest absolute Gasteiger partial charge is 0.507 e. The molecule has 1 N–H and O–H groups in total. The summed E-state index contributed by atoms with van der Waals surface area (Å²) in [5.41, 5.74) is 8.73. The highest BCUT2D eigenvalue weighted by Gasteiger charge is 1.96. The van der Waals surface area contributed by atoms with Crippen LogP contribution in [0.3, 0.4) is 0 Å². The Hall–Kier alpha value is -1.64. The van der Waals surface area contributed by atoms with Crippen LogP contribution in [0.5, 0.6) is 5.75 Å². The summed E-state index contributed by atoms with van der Waals surface area (Å²) in [7, 11) is 0. The average Bonchev–Trinajstić information content (AvgIpc) is 2.20. The van der Waals surface area contributed by atoms with Crippen LogP contribution in [-0.2, 0) is 0 Å². The molecule has 1 aromatic carbocycles. The van der Waals surface area contributed by atoms with Crippen molar-refractivity contribution in [1.82, 2.24) is 0 Å². The van der Waals surface area contributed by atoms with Gasteiger partial charge in [0.15, 0.2) is 0 Å². The summed E-state index contributed by atoms with van der Waals surface area (Å²) in [6.07, 6.45) is 4.24. The summed E-state index contributed by atoms with van der Waals surface area (Å²) in [6, 6.07) is 4.91. The Morgan fingerprint density at radius 1 is 1.53 bits per heavy atom. The molecule has 0 spiro atoms. The summed E-state index contributed by atoms with van der Waals surface area (Å²) < 4.78 is 0. The molecule has 0 aliphatic carbocycles. The van der Waals surface area contributed by atoms with E-state index in [1.807, 2.05) is 6.08 Å². The van der Waals surface area contributed by atoms with Gasteiger partial charge >= 0.3 is 0 Å². The molecule has 0 saturated carbocycles. The van der Waals surface area contributed by atoms with Crippen molar-refractivity contribution < 1.29 is 5.11 Å². The lowest BCUT2D eigenvalue weighted by Gasteiger charge is -1.98. The Morgan fingerprint density at radius 2 is 2.33 bits per heavy atom. The molecule has 1 aromatic rings. The van der Waals surface area contributed by atoms with Crippen LogP contribution in [0.25, 0.3) is 16.5 Å². The third-order valence-electron chi connectivity index (χ3n) is 1.75. The Bertz CT molecular complexity index is 411. The number of benzene rings is 1. The fraction of sp³-hybridized carbons (Fsp3) is 0.200. The Kier molecular flexibility index (Phi) is 4.54. The topological polar surface area (TPSA) is 69.0 Å². The number of hydrogen-bond acceptors (Lipinski definition) is 2. The van der Waals surface area contributed by atoms with Crippen LogP contribution in [0.4, 0.5) is 0 Å². The van der Waals surface area contributed by atoms with Crippen LogP contribution in [-0.4, -0.2) is 11.7 Å². The number of azide groups is 1. The number of halogens is 1. The van der Waals surface area contributed by atoms with Gasteiger partial charge in [-0.15, -0.1) is 0 Å². The third-order valence-corrected chi connectivity index (χ3v) is 1.98. The first-order valence-electron chi connectivity index (χ1n) is 4.40. The summed E-state index contributed by atoms with van der Waals surface area (Å²) in [4.78, 5) is 2.63. The molecule has 15 heavy (non-hydrogen) atoms. The number of phenolic OH excluding ortho intramolecular Hbond substituents is 1. The van der Waals surface area contributed by atoms with Gasteiger partial charge in [0.25, 0.3) is 0 Å². The highest BCUT2D eigenvalue weighted by molar-refractivity contribution is 6.30. The van der Waals surface area contributed by atoms with Gasteiger partial charge in [-0.1, -0.05) is 28.9 Å². The minimum atomic E-state index is 0.141. The molecule has 5 heteroatoms. The first-order chi connectivity index (χ1) is 7.24. The highest BCUT2D eigenvalue weighted by atomic mass is 35.5. The maximum absolute atomic E-state index is 9.48. The zero-order valence-electron chi connectivity index (χ0n) is 7.97. The van der Waals surface area contributed by atoms with E-state index in [-0.39, 0.29) is 5.75 Å². The van der Waals surface area contributed by atoms with E-state index < -0.39 is 0 Å². The molecule has 1 rings (SSSR count). The molecule has 0 aliphatic heterocycles. The van der Waals surface area contributed by atoms with Crippen molar-refractivity contribution in [3.05, 3.63) is 45.3 Å². The van der Waals surface area contributed by atoms with Crippen molar-refractivity contribution >= 4 is 17.7 Å². The van der Waals surface area contributed by atoms with E-state index in [4.69, 9.17) is 17.1 Å². The van der Waals surface area contributed by atoms with E-state index in [0.717, 1.165) is 0 Å². The molecular formula is C10H10ClN3O. The van der Waals surface area contributed by atoms with Crippen molar-refractivity contribution in [3.63, 3.8) is 0 Å². The monoisotopic (exact) mass is 223 g/mol. The van der Waals surface area contributed by atoms with E-state index in [1.54, 1.807) is 18.2 Å². The predicted octanol–water partition coefficient (Wildman–Crippen LogP) is 3.76. The molecule has 0 atom stereocenters. The van der Waals surface area contributed by atoms with Gasteiger partial charge < -0.3 is 5.11 Å². The molecule has 0 radical (unpaired) electrons. The van der Waals surface area contributed by atoms with Gasteiger partial charge in [0.1, 0.15) is 5.75 Å². The third kappa shape index (κ3) is 3.94. The Morgan fingerprint density at radius 3 is 3.00 bits per heavy atom. The highest BCUT2D eigenvalue weighted by Crippen LogP contribution is 2.22. The van der Waals surface area contributed by atoms with Crippen LogP contribution in [0.15, 0.2) is 29.4 Å². The van der Waals surface area contributed by atoms with Gasteiger partial charge in [0, 0.05) is 22.0 Å². The van der Waals surface area contributed by atoms with E-state index in [1.165, 1.54) is 6.07 Å². The molecule has 0 heterocycles. The SMILES string of the molecule is [N-]=[N+]=NCCC=Cc1ccc(Cl)cc1O. The lowest BCUT2D eigenvalue weighted by molar-refractivity contribution is 0.474. The van der Waals surface area contributed by atoms with Crippen LogP contribution in [0.1, 0.15) is 12.0 Å². The molecule has 0 aliphatic rings. The molecule has 4 nitrogen and oxygen atoms in total. The summed E-state index contributed by atoms with van der Waals surface area (Å²) in [6.45, 7) is 0.418. The first kappa shape index (κ1) is 11.4. The second-order valence-electron chi connectivity index (χ2n) is 2.85. The lowest BCUT2D eigenvalue weighted by Crippen LogP contribution is -1.76. The molecule has 78 valence electrons. The normalized spacial score (nSPS) is 10.2. The minimum absolute atomic E-state index is 0.141. The zero-order valence-corrected chi connectivity index (χ0v) is 8.72. The summed E-state index contributed by atoms with van der Waals surface area (Å²) >= 11 is 5.68. The molecule has 0 unspecified atom stereocenters. The van der Waals surface area contributed by atoms with Gasteiger partial charge in [-0.2, -0.15) is 0 Å². The van der Waals surface area contributed by atoms with E-state index in [2.05, 4.69) is 10.0 Å². The second-order valence-corrected chi connectivity index (χ2v) is 3.29.